The molecule has 0 spiro atoms. The summed E-state index contributed by atoms with van der Waals surface area (Å²) in [5, 5.41) is 8.36. The minimum atomic E-state index is -1.13. The van der Waals surface area contributed by atoms with E-state index in [2.05, 4.69) is 27.5 Å². The number of rotatable bonds is 28. The van der Waals surface area contributed by atoms with Crippen LogP contribution in [0.5, 0.6) is 5.75 Å². The first-order valence-electron chi connectivity index (χ1n) is 19.4. The first kappa shape index (κ1) is 47.5. The predicted molar refractivity (Wildman–Crippen MR) is 225 cm³/mol. The molecule has 312 valence electrons. The zero-order valence-corrected chi connectivity index (χ0v) is 33.4. The highest BCUT2D eigenvalue weighted by Gasteiger charge is 2.31. The number of nitrogens with two attached hydrogens (primary N) is 5. The lowest BCUT2D eigenvalue weighted by molar-refractivity contribution is -0.133. The quantitative estimate of drug-likeness (QED) is 0.0204. The highest BCUT2D eigenvalue weighted by molar-refractivity contribution is 5.94. The lowest BCUT2D eigenvalue weighted by Crippen LogP contribution is -2.58. The molecule has 15 nitrogen and oxygen atoms in total. The number of primary amides is 1. The minimum absolute atomic E-state index is 0.0663. The number of ether oxygens (including phenoxy) is 2. The van der Waals surface area contributed by atoms with Crippen molar-refractivity contribution in [2.45, 2.75) is 95.8 Å². The Morgan fingerprint density at radius 3 is 2.11 bits per heavy atom. The Hall–Kier alpha value is -5.67. The fraction of sp³-hybridized carbons (Fsp3) is 0.452. The van der Waals surface area contributed by atoms with E-state index in [0.29, 0.717) is 38.2 Å². The van der Waals surface area contributed by atoms with Crippen LogP contribution in [0.15, 0.2) is 84.6 Å². The van der Waals surface area contributed by atoms with Crippen LogP contribution < -0.4 is 49.4 Å². The third-order valence-corrected chi connectivity index (χ3v) is 8.97. The van der Waals surface area contributed by atoms with Gasteiger partial charge in [0.05, 0.1) is 12.3 Å². The van der Waals surface area contributed by atoms with Gasteiger partial charge >= 0.3 is 0 Å². The van der Waals surface area contributed by atoms with E-state index in [-0.39, 0.29) is 44.8 Å². The van der Waals surface area contributed by atoms with Crippen LogP contribution in [0.25, 0.3) is 0 Å². The zero-order chi connectivity index (χ0) is 42.0. The molecular weight excluding hydrogens is 727 g/mol. The van der Waals surface area contributed by atoms with Gasteiger partial charge in [-0.25, -0.2) is 0 Å². The van der Waals surface area contributed by atoms with Gasteiger partial charge in [0.1, 0.15) is 37.1 Å². The Morgan fingerprint density at radius 1 is 0.789 bits per heavy atom. The summed E-state index contributed by atoms with van der Waals surface area (Å²) in [6.07, 6.45) is 13.3. The Kier molecular flexibility index (Phi) is 22.5. The summed E-state index contributed by atoms with van der Waals surface area (Å²) in [7, 11) is 0. The summed E-state index contributed by atoms with van der Waals surface area (Å²) in [4.78, 5) is 57.6. The SMILES string of the molecule is C=CCC/C=C/CO/C=C/COc1cc(C)c(C[C@H](NC(=O)[C@H](N)CCCN=C(N)N)C(=O)N[C@@H](CCCCN)C(=O)N[C@@H](Cc2ccccc2)C(N)=O)c(C)c1. The van der Waals surface area contributed by atoms with Crippen LogP contribution in [-0.4, -0.2) is 80.1 Å². The Balaban J connectivity index is 2.28. The lowest BCUT2D eigenvalue weighted by atomic mass is 9.94. The minimum Gasteiger partial charge on any atom is -0.497 e. The number of hydrogen-bond acceptors (Lipinski definition) is 9. The van der Waals surface area contributed by atoms with Crippen molar-refractivity contribution in [1.29, 1.82) is 0 Å². The average Bonchev–Trinajstić information content (AvgIpc) is 3.17. The number of amides is 4. The normalized spacial score (nSPS) is 13.3. The molecule has 2 aromatic rings. The third-order valence-electron chi connectivity index (χ3n) is 8.97. The molecule has 0 aliphatic carbocycles. The fourth-order valence-electron chi connectivity index (χ4n) is 5.84. The number of aryl methyl sites for hydroxylation is 2. The maximum Gasteiger partial charge on any atom is 0.243 e. The van der Waals surface area contributed by atoms with Crippen LogP contribution in [0.3, 0.4) is 0 Å². The molecule has 0 saturated heterocycles. The maximum absolute atomic E-state index is 14.1. The van der Waals surface area contributed by atoms with Crippen LogP contribution in [-0.2, 0) is 36.8 Å². The van der Waals surface area contributed by atoms with Crippen LogP contribution >= 0.6 is 0 Å². The van der Waals surface area contributed by atoms with Gasteiger partial charge < -0.3 is 54.1 Å². The molecule has 57 heavy (non-hydrogen) atoms. The maximum atomic E-state index is 14.1. The number of hydrogen-bond donors (Lipinski definition) is 8. The lowest BCUT2D eigenvalue weighted by Gasteiger charge is -2.26. The Labute approximate surface area is 336 Å². The van der Waals surface area contributed by atoms with E-state index in [1.54, 1.807) is 12.3 Å². The highest BCUT2D eigenvalue weighted by Crippen LogP contribution is 2.24. The molecule has 4 atom stereocenters. The second-order valence-electron chi connectivity index (χ2n) is 13.7. The molecule has 0 heterocycles. The van der Waals surface area contributed by atoms with Crippen molar-refractivity contribution in [3.05, 3.63) is 102 Å². The molecule has 0 radical (unpaired) electrons. The molecular formula is C42H63N9O6. The molecule has 0 aliphatic heterocycles. The van der Waals surface area contributed by atoms with E-state index in [9.17, 15) is 19.2 Å². The van der Waals surface area contributed by atoms with Gasteiger partial charge in [-0.2, -0.15) is 0 Å². The number of unbranched alkanes of at least 4 members (excludes halogenated alkanes) is 2. The topological polar surface area (TPSA) is 265 Å². The zero-order valence-electron chi connectivity index (χ0n) is 33.4. The molecule has 0 aromatic heterocycles. The standard InChI is InChI=1S/C42H63N9O6/c1-4-5-6-7-13-22-56-23-15-24-57-32-25-29(2)33(30(3)26-32)28-37(51-39(53)34(44)18-14-21-48-42(46)47)41(55)49-35(19-11-12-20-43)40(54)50-36(38(45)52)27-31-16-9-8-10-17-31/h4,7-10,13,15-17,23,25-26,34-37H,1,5-6,11-12,14,18-22,24,27-28,43-44H2,2-3H3,(H2,45,52)(H,49,55)(H,50,54)(H,51,53)(H4,46,47,48)/b13-7+,23-15+/t34-,35+,36+,37+/m1/s1. The summed E-state index contributed by atoms with van der Waals surface area (Å²) in [5.74, 6) is -1.92. The number of allylic oxidation sites excluding steroid dienone is 2. The van der Waals surface area contributed by atoms with E-state index in [1.807, 2.05) is 74.5 Å². The van der Waals surface area contributed by atoms with Gasteiger partial charge in [0, 0.05) is 19.4 Å². The van der Waals surface area contributed by atoms with Crippen LogP contribution in [0.2, 0.25) is 0 Å². The van der Waals surface area contributed by atoms with Crippen molar-refractivity contribution in [3.8, 4) is 5.75 Å². The van der Waals surface area contributed by atoms with Gasteiger partial charge in [-0.3, -0.25) is 24.2 Å². The molecule has 4 amide bonds. The van der Waals surface area contributed by atoms with Crippen molar-refractivity contribution in [2.24, 2.45) is 33.7 Å². The van der Waals surface area contributed by atoms with Gasteiger partial charge in [-0.05, 0) is 106 Å². The average molecular weight is 790 g/mol. The van der Waals surface area contributed by atoms with Crippen molar-refractivity contribution < 1.29 is 28.7 Å². The van der Waals surface area contributed by atoms with Crippen molar-refractivity contribution in [2.75, 3.05) is 26.3 Å². The summed E-state index contributed by atoms with van der Waals surface area (Å²) < 4.78 is 11.4. The van der Waals surface area contributed by atoms with Crippen molar-refractivity contribution in [3.63, 3.8) is 0 Å². The largest absolute Gasteiger partial charge is 0.497 e. The van der Waals surface area contributed by atoms with Gasteiger partial charge in [0.25, 0.3) is 0 Å². The fourth-order valence-corrected chi connectivity index (χ4v) is 5.84. The predicted octanol–water partition coefficient (Wildman–Crippen LogP) is 1.97. The molecule has 13 N–H and O–H groups in total. The summed E-state index contributed by atoms with van der Waals surface area (Å²) >= 11 is 0. The number of carbonyl (C=O) groups excluding carboxylic acids is 4. The molecule has 0 bridgehead atoms. The monoisotopic (exact) mass is 789 g/mol. The van der Waals surface area contributed by atoms with E-state index in [4.69, 9.17) is 38.1 Å². The van der Waals surface area contributed by atoms with Gasteiger partial charge in [-0.15, -0.1) is 6.58 Å². The van der Waals surface area contributed by atoms with Gasteiger partial charge in [-0.1, -0.05) is 48.6 Å². The summed E-state index contributed by atoms with van der Waals surface area (Å²) in [5.41, 5.74) is 31.7. The molecule has 0 fully saturated rings. The number of nitrogens with one attached hydrogen (secondary N) is 3. The van der Waals surface area contributed by atoms with Crippen LogP contribution in [0, 0.1) is 13.8 Å². The second kappa shape index (κ2) is 27.0. The molecule has 0 unspecified atom stereocenters. The van der Waals surface area contributed by atoms with E-state index in [1.165, 1.54) is 0 Å². The van der Waals surface area contributed by atoms with Crippen LogP contribution in [0.4, 0.5) is 0 Å². The van der Waals surface area contributed by atoms with E-state index < -0.39 is 47.8 Å². The number of benzene rings is 2. The number of carbonyl (C=O) groups is 4. The third kappa shape index (κ3) is 19.2. The first-order valence-corrected chi connectivity index (χ1v) is 19.4. The van der Waals surface area contributed by atoms with Crippen molar-refractivity contribution in [1.82, 2.24) is 16.0 Å². The number of guanidine groups is 1. The van der Waals surface area contributed by atoms with E-state index in [0.717, 1.165) is 35.1 Å². The molecule has 2 rings (SSSR count). The van der Waals surface area contributed by atoms with Crippen LogP contribution in [0.1, 0.15) is 67.2 Å². The number of nitrogens with zero attached hydrogens (tertiary/aromatic N) is 1. The highest BCUT2D eigenvalue weighted by atomic mass is 16.5. The number of aliphatic imine (C=N–C) groups is 1. The van der Waals surface area contributed by atoms with Gasteiger partial charge in [0.2, 0.25) is 23.6 Å². The smallest absolute Gasteiger partial charge is 0.243 e. The van der Waals surface area contributed by atoms with E-state index >= 15 is 0 Å². The molecule has 15 heteroatoms. The molecule has 0 aliphatic rings. The molecule has 0 saturated carbocycles. The van der Waals surface area contributed by atoms with Crippen molar-refractivity contribution >= 4 is 29.6 Å². The Bertz CT molecular complexity index is 1640. The van der Waals surface area contributed by atoms with Gasteiger partial charge in [0.15, 0.2) is 5.96 Å². The second-order valence-corrected chi connectivity index (χ2v) is 13.7. The molecule has 2 aromatic carbocycles. The summed E-state index contributed by atoms with van der Waals surface area (Å²) in [6.45, 7) is 8.88. The first-order chi connectivity index (χ1) is 27.4. The summed E-state index contributed by atoms with van der Waals surface area (Å²) in [6, 6.07) is 8.66. The Morgan fingerprint density at radius 2 is 1.46 bits per heavy atom.